The second kappa shape index (κ2) is 3.80. The minimum absolute atomic E-state index is 0.0501. The number of carbonyl (C=O) groups is 1. The highest BCUT2D eigenvalue weighted by Crippen LogP contribution is 2.36. The summed E-state index contributed by atoms with van der Waals surface area (Å²) in [5, 5.41) is 9.82. The van der Waals surface area contributed by atoms with Crippen LogP contribution >= 0.6 is 0 Å². The van der Waals surface area contributed by atoms with Crippen LogP contribution in [-0.2, 0) is 10.0 Å². The van der Waals surface area contributed by atoms with E-state index in [0.29, 0.717) is 12.8 Å². The first-order chi connectivity index (χ1) is 8.53. The number of sulfonamides is 1. The third kappa shape index (κ3) is 1.42. The maximum absolute atomic E-state index is 12.3. The van der Waals surface area contributed by atoms with Gasteiger partial charge in [0.15, 0.2) is 0 Å². The number of hydrogen-bond acceptors (Lipinski definition) is 4. The summed E-state index contributed by atoms with van der Waals surface area (Å²) in [7, 11) is -3.79. The van der Waals surface area contributed by atoms with Crippen molar-refractivity contribution in [1.82, 2.24) is 4.31 Å². The van der Waals surface area contributed by atoms with Crippen LogP contribution in [-0.4, -0.2) is 35.9 Å². The molecular weight excluding hydrogens is 254 g/mol. The summed E-state index contributed by atoms with van der Waals surface area (Å²) >= 11 is 0. The number of aliphatic hydroxyl groups is 1. The Morgan fingerprint density at radius 1 is 1.22 bits per heavy atom. The minimum Gasteiger partial charge on any atom is -0.391 e. The number of fused-ring (bicyclic) bond motifs is 1. The monoisotopic (exact) mass is 267 g/mol. The Morgan fingerprint density at radius 3 is 2.56 bits per heavy atom. The molecule has 1 saturated carbocycles. The van der Waals surface area contributed by atoms with E-state index < -0.39 is 28.1 Å². The molecule has 96 valence electrons. The Hall–Kier alpha value is -1.40. The molecule has 0 radical (unpaired) electrons. The average Bonchev–Trinajstić information content (AvgIpc) is 2.82. The van der Waals surface area contributed by atoms with Gasteiger partial charge in [-0.05, 0) is 31.4 Å². The molecule has 0 unspecified atom stereocenters. The molecule has 6 heteroatoms. The van der Waals surface area contributed by atoms with E-state index in [-0.39, 0.29) is 10.5 Å². The van der Waals surface area contributed by atoms with E-state index in [2.05, 4.69) is 0 Å². The second-order valence-corrected chi connectivity index (χ2v) is 6.45. The topological polar surface area (TPSA) is 74.7 Å². The van der Waals surface area contributed by atoms with Crippen LogP contribution in [0.15, 0.2) is 29.2 Å². The molecule has 1 fully saturated rings. The zero-order valence-electron chi connectivity index (χ0n) is 9.61. The fraction of sp³-hybridized carbons (Fsp3) is 0.417. The van der Waals surface area contributed by atoms with E-state index in [0.717, 1.165) is 10.7 Å². The molecule has 18 heavy (non-hydrogen) atoms. The fourth-order valence-electron chi connectivity index (χ4n) is 2.73. The summed E-state index contributed by atoms with van der Waals surface area (Å²) in [6.07, 6.45) is 1.06. The van der Waals surface area contributed by atoms with E-state index in [9.17, 15) is 18.3 Å². The Morgan fingerprint density at radius 2 is 1.94 bits per heavy atom. The zero-order valence-corrected chi connectivity index (χ0v) is 10.4. The van der Waals surface area contributed by atoms with Crippen molar-refractivity contribution < 1.29 is 18.3 Å². The number of rotatable bonds is 1. The van der Waals surface area contributed by atoms with Gasteiger partial charge in [0.25, 0.3) is 15.9 Å². The van der Waals surface area contributed by atoms with Gasteiger partial charge in [0.05, 0.1) is 17.7 Å². The number of carbonyl (C=O) groups excluding carboxylic acids is 1. The number of aliphatic hydroxyl groups excluding tert-OH is 1. The smallest absolute Gasteiger partial charge is 0.269 e. The lowest BCUT2D eigenvalue weighted by Crippen LogP contribution is -2.44. The Balaban J connectivity index is 2.12. The molecule has 1 aliphatic heterocycles. The van der Waals surface area contributed by atoms with Crippen LogP contribution in [0.5, 0.6) is 0 Å². The highest BCUT2D eigenvalue weighted by molar-refractivity contribution is 7.90. The van der Waals surface area contributed by atoms with Crippen molar-refractivity contribution >= 4 is 15.9 Å². The molecule has 5 nitrogen and oxygen atoms in total. The van der Waals surface area contributed by atoms with Gasteiger partial charge in [0.2, 0.25) is 0 Å². The average molecular weight is 267 g/mol. The first-order valence-corrected chi connectivity index (χ1v) is 7.33. The summed E-state index contributed by atoms with van der Waals surface area (Å²) in [6.45, 7) is 0. The largest absolute Gasteiger partial charge is 0.391 e. The lowest BCUT2D eigenvalue weighted by Gasteiger charge is -2.25. The SMILES string of the molecule is O=C1c2ccccc2S(=O)(=O)N1[C@H]1CCC[C@@H]1O. The van der Waals surface area contributed by atoms with Crippen LogP contribution in [0.25, 0.3) is 0 Å². The van der Waals surface area contributed by atoms with E-state index in [1.165, 1.54) is 12.1 Å². The van der Waals surface area contributed by atoms with Crippen molar-refractivity contribution in [3.05, 3.63) is 29.8 Å². The summed E-state index contributed by atoms with van der Waals surface area (Å²) in [5.74, 6) is -0.517. The molecule has 0 saturated heterocycles. The Kier molecular flexibility index (Phi) is 2.46. The number of amides is 1. The van der Waals surface area contributed by atoms with Gasteiger partial charge in [0.1, 0.15) is 4.90 Å². The lowest BCUT2D eigenvalue weighted by atomic mass is 10.1. The molecule has 2 aliphatic rings. The quantitative estimate of drug-likeness (QED) is 0.814. The van der Waals surface area contributed by atoms with Crippen LogP contribution in [0.3, 0.4) is 0 Å². The van der Waals surface area contributed by atoms with E-state index in [4.69, 9.17) is 0 Å². The molecule has 1 N–H and O–H groups in total. The summed E-state index contributed by atoms with van der Waals surface area (Å²) < 4.78 is 25.5. The molecule has 1 aromatic rings. The molecule has 1 amide bonds. The molecule has 0 spiro atoms. The van der Waals surface area contributed by atoms with Crippen LogP contribution in [0.1, 0.15) is 29.6 Å². The normalized spacial score (nSPS) is 29.6. The lowest BCUT2D eigenvalue weighted by molar-refractivity contribution is 0.0696. The van der Waals surface area contributed by atoms with E-state index in [1.54, 1.807) is 12.1 Å². The zero-order chi connectivity index (χ0) is 12.9. The molecule has 1 heterocycles. The van der Waals surface area contributed by atoms with Crippen molar-refractivity contribution in [2.75, 3.05) is 0 Å². The van der Waals surface area contributed by atoms with Crippen LogP contribution < -0.4 is 0 Å². The standard InChI is InChI=1S/C12H13NO4S/c14-10-6-3-5-9(10)13-12(15)8-4-1-2-7-11(8)18(13,16)17/h1-2,4,7,9-10,14H,3,5-6H2/t9-,10-/m0/s1. The predicted octanol–water partition coefficient (Wildman–Crippen LogP) is 0.744. The molecule has 3 rings (SSSR count). The Labute approximate surface area is 105 Å². The highest BCUT2D eigenvalue weighted by Gasteiger charge is 2.47. The molecular formula is C12H13NO4S. The molecule has 0 bridgehead atoms. The molecule has 1 aliphatic carbocycles. The van der Waals surface area contributed by atoms with Crippen molar-refractivity contribution in [3.63, 3.8) is 0 Å². The third-order valence-corrected chi connectivity index (χ3v) is 5.47. The summed E-state index contributed by atoms with van der Waals surface area (Å²) in [6, 6.07) is 5.56. The molecule has 0 aromatic heterocycles. The van der Waals surface area contributed by atoms with Crippen LogP contribution in [0, 0.1) is 0 Å². The van der Waals surface area contributed by atoms with Crippen molar-refractivity contribution in [2.45, 2.75) is 36.3 Å². The van der Waals surface area contributed by atoms with Gasteiger partial charge in [-0.25, -0.2) is 12.7 Å². The Bertz CT molecular complexity index is 610. The highest BCUT2D eigenvalue weighted by atomic mass is 32.2. The van der Waals surface area contributed by atoms with Crippen molar-refractivity contribution in [3.8, 4) is 0 Å². The second-order valence-electron chi connectivity index (χ2n) is 4.67. The van der Waals surface area contributed by atoms with Crippen molar-refractivity contribution in [2.24, 2.45) is 0 Å². The maximum Gasteiger partial charge on any atom is 0.269 e. The van der Waals surface area contributed by atoms with Gasteiger partial charge >= 0.3 is 0 Å². The van der Waals surface area contributed by atoms with Gasteiger partial charge in [-0.3, -0.25) is 4.79 Å². The van der Waals surface area contributed by atoms with Crippen LogP contribution in [0.2, 0.25) is 0 Å². The number of nitrogens with zero attached hydrogens (tertiary/aromatic N) is 1. The van der Waals surface area contributed by atoms with Crippen LogP contribution in [0.4, 0.5) is 0 Å². The molecule has 2 atom stereocenters. The summed E-state index contributed by atoms with van der Waals surface area (Å²) in [4.78, 5) is 12.2. The first-order valence-electron chi connectivity index (χ1n) is 5.89. The van der Waals surface area contributed by atoms with Gasteiger partial charge in [-0.15, -0.1) is 0 Å². The predicted molar refractivity (Wildman–Crippen MR) is 63.4 cm³/mol. The van der Waals surface area contributed by atoms with E-state index in [1.807, 2.05) is 0 Å². The van der Waals surface area contributed by atoms with Gasteiger partial charge in [-0.1, -0.05) is 12.1 Å². The molecule has 1 aromatic carbocycles. The van der Waals surface area contributed by atoms with Crippen molar-refractivity contribution in [1.29, 1.82) is 0 Å². The third-order valence-electron chi connectivity index (χ3n) is 3.60. The minimum atomic E-state index is -3.79. The van der Waals surface area contributed by atoms with Gasteiger partial charge < -0.3 is 5.11 Å². The van der Waals surface area contributed by atoms with Gasteiger partial charge in [-0.2, -0.15) is 0 Å². The maximum atomic E-state index is 12.3. The van der Waals surface area contributed by atoms with Gasteiger partial charge in [0, 0.05) is 0 Å². The first kappa shape index (κ1) is 11.7. The number of hydrogen-bond donors (Lipinski definition) is 1. The van der Waals surface area contributed by atoms with E-state index >= 15 is 0 Å². The summed E-state index contributed by atoms with van der Waals surface area (Å²) in [5.41, 5.74) is 0.205. The fourth-order valence-corrected chi connectivity index (χ4v) is 4.54. The number of benzene rings is 1.